The predicted molar refractivity (Wildman–Crippen MR) is 78.5 cm³/mol. The summed E-state index contributed by atoms with van der Waals surface area (Å²) in [5.74, 6) is -0.161. The normalized spacial score (nSPS) is 11.5. The zero-order valence-electron chi connectivity index (χ0n) is 11.7. The summed E-state index contributed by atoms with van der Waals surface area (Å²) in [5.41, 5.74) is 0.384. The first-order chi connectivity index (χ1) is 9.99. The summed E-state index contributed by atoms with van der Waals surface area (Å²) in [6, 6.07) is 7.84. The number of hydrogen-bond acceptors (Lipinski definition) is 4. The molecule has 0 fully saturated rings. The fraction of sp³-hybridized carbons (Fsp3) is 0.286. The average molecular weight is 307 g/mol. The summed E-state index contributed by atoms with van der Waals surface area (Å²) in [6.07, 6.45) is 4.13. The summed E-state index contributed by atoms with van der Waals surface area (Å²) < 4.78 is 28.5. The van der Waals surface area contributed by atoms with Crippen LogP contribution in [0.5, 0.6) is 0 Å². The Hall–Kier alpha value is -1.99. The molecule has 0 atom stereocenters. The molecule has 0 saturated carbocycles. The molecule has 0 radical (unpaired) electrons. The molecular formula is C14H17N3O3S. The number of rotatable bonds is 7. The molecule has 112 valence electrons. The number of nitrogens with zero attached hydrogens (tertiary/aromatic N) is 2. The zero-order valence-corrected chi connectivity index (χ0v) is 12.5. The lowest BCUT2D eigenvalue weighted by atomic mass is 10.2. The molecule has 0 aliphatic heterocycles. The van der Waals surface area contributed by atoms with Gasteiger partial charge in [0.05, 0.1) is 4.90 Å². The molecule has 0 bridgehead atoms. The second-order valence-corrected chi connectivity index (χ2v) is 6.37. The number of carbonyl (C=O) groups excluding carboxylic acids is 1. The lowest BCUT2D eigenvalue weighted by Crippen LogP contribution is -2.25. The third-order valence-electron chi connectivity index (χ3n) is 2.97. The van der Waals surface area contributed by atoms with Crippen LogP contribution in [0.4, 0.5) is 0 Å². The molecule has 0 spiro atoms. The van der Waals surface area contributed by atoms with Crippen LogP contribution >= 0.6 is 0 Å². The highest BCUT2D eigenvalue weighted by atomic mass is 32.2. The molecule has 7 heteroatoms. The third kappa shape index (κ3) is 4.24. The minimum atomic E-state index is -3.59. The molecule has 1 aromatic carbocycles. The Balaban J connectivity index is 1.95. The summed E-state index contributed by atoms with van der Waals surface area (Å²) >= 11 is 0. The molecule has 0 aliphatic carbocycles. The van der Waals surface area contributed by atoms with Gasteiger partial charge in [-0.3, -0.25) is 9.48 Å². The molecule has 0 amide bonds. The Labute approximate surface area is 123 Å². The van der Waals surface area contributed by atoms with E-state index in [4.69, 9.17) is 0 Å². The lowest BCUT2D eigenvalue weighted by molar-refractivity contribution is 0.101. The van der Waals surface area contributed by atoms with Crippen LogP contribution in [0.2, 0.25) is 0 Å². The summed E-state index contributed by atoms with van der Waals surface area (Å²) in [6.45, 7) is 2.36. The van der Waals surface area contributed by atoms with Crippen molar-refractivity contribution in [1.82, 2.24) is 14.5 Å². The molecule has 2 aromatic rings. The Morgan fingerprint density at radius 1 is 1.33 bits per heavy atom. The second kappa shape index (κ2) is 6.64. The topological polar surface area (TPSA) is 81.1 Å². The van der Waals surface area contributed by atoms with Crippen LogP contribution < -0.4 is 4.72 Å². The molecule has 0 unspecified atom stereocenters. The Morgan fingerprint density at radius 2 is 2.14 bits per heavy atom. The smallest absolute Gasteiger partial charge is 0.240 e. The molecule has 6 nitrogen and oxygen atoms in total. The number of ketones is 1. The van der Waals surface area contributed by atoms with E-state index >= 15 is 0 Å². The van der Waals surface area contributed by atoms with Crippen LogP contribution in [0.1, 0.15) is 23.7 Å². The molecule has 0 saturated heterocycles. The van der Waals surface area contributed by atoms with Crippen LogP contribution in [0.3, 0.4) is 0 Å². The molecule has 21 heavy (non-hydrogen) atoms. The largest absolute Gasteiger partial charge is 0.295 e. The Bertz CT molecular complexity index is 709. The number of aromatic nitrogens is 2. The van der Waals surface area contributed by atoms with Gasteiger partial charge in [0.2, 0.25) is 10.0 Å². The van der Waals surface area contributed by atoms with E-state index in [1.54, 1.807) is 23.0 Å². The van der Waals surface area contributed by atoms with Crippen LogP contribution in [0, 0.1) is 0 Å². The highest BCUT2D eigenvalue weighted by Gasteiger charge is 2.14. The molecule has 1 heterocycles. The first kappa shape index (κ1) is 15.4. The van der Waals surface area contributed by atoms with Gasteiger partial charge in [-0.15, -0.1) is 0 Å². The van der Waals surface area contributed by atoms with Gasteiger partial charge in [-0.05, 0) is 31.5 Å². The van der Waals surface area contributed by atoms with Crippen LogP contribution in [0.15, 0.2) is 47.6 Å². The van der Waals surface area contributed by atoms with E-state index in [1.165, 1.54) is 19.1 Å². The third-order valence-corrected chi connectivity index (χ3v) is 4.42. The molecule has 0 aliphatic rings. The highest BCUT2D eigenvalue weighted by Crippen LogP contribution is 2.11. The van der Waals surface area contributed by atoms with E-state index in [0.717, 1.165) is 0 Å². The average Bonchev–Trinajstić information content (AvgIpc) is 2.97. The lowest BCUT2D eigenvalue weighted by Gasteiger charge is -2.07. The van der Waals surface area contributed by atoms with E-state index in [2.05, 4.69) is 9.82 Å². The van der Waals surface area contributed by atoms with Crippen molar-refractivity contribution in [2.24, 2.45) is 0 Å². The maximum absolute atomic E-state index is 12.1. The molecular weight excluding hydrogens is 290 g/mol. The SMILES string of the molecule is CC(=O)c1cccc(S(=O)(=O)NCCCn2cccn2)c1. The van der Waals surface area contributed by atoms with Gasteiger partial charge < -0.3 is 0 Å². The van der Waals surface area contributed by atoms with Crippen molar-refractivity contribution in [3.05, 3.63) is 48.3 Å². The zero-order chi connectivity index (χ0) is 15.3. The van der Waals surface area contributed by atoms with Gasteiger partial charge in [0.15, 0.2) is 5.78 Å². The van der Waals surface area contributed by atoms with Crippen molar-refractivity contribution in [3.63, 3.8) is 0 Å². The van der Waals surface area contributed by atoms with E-state index in [-0.39, 0.29) is 10.7 Å². The molecule has 2 rings (SSSR count). The number of aryl methyl sites for hydroxylation is 1. The molecule has 1 N–H and O–H groups in total. The van der Waals surface area contributed by atoms with Gasteiger partial charge in [-0.25, -0.2) is 13.1 Å². The van der Waals surface area contributed by atoms with Gasteiger partial charge in [-0.1, -0.05) is 12.1 Å². The van der Waals surface area contributed by atoms with Crippen LogP contribution in [0.25, 0.3) is 0 Å². The summed E-state index contributed by atoms with van der Waals surface area (Å²) in [7, 11) is -3.59. The Kier molecular flexibility index (Phi) is 4.87. The fourth-order valence-corrected chi connectivity index (χ4v) is 2.97. The van der Waals surface area contributed by atoms with E-state index in [0.29, 0.717) is 25.1 Å². The number of hydrogen-bond donors (Lipinski definition) is 1. The van der Waals surface area contributed by atoms with Crippen molar-refractivity contribution < 1.29 is 13.2 Å². The van der Waals surface area contributed by atoms with Crippen molar-refractivity contribution in [1.29, 1.82) is 0 Å². The number of sulfonamides is 1. The summed E-state index contributed by atoms with van der Waals surface area (Å²) in [5, 5.41) is 4.04. The number of nitrogens with one attached hydrogen (secondary N) is 1. The van der Waals surface area contributed by atoms with Gasteiger partial charge >= 0.3 is 0 Å². The van der Waals surface area contributed by atoms with Gasteiger partial charge in [-0.2, -0.15) is 5.10 Å². The first-order valence-corrected chi connectivity index (χ1v) is 8.05. The fourth-order valence-electron chi connectivity index (χ4n) is 1.85. The van der Waals surface area contributed by atoms with Gasteiger partial charge in [0.1, 0.15) is 0 Å². The highest BCUT2D eigenvalue weighted by molar-refractivity contribution is 7.89. The first-order valence-electron chi connectivity index (χ1n) is 6.57. The maximum atomic E-state index is 12.1. The second-order valence-electron chi connectivity index (χ2n) is 4.60. The minimum Gasteiger partial charge on any atom is -0.295 e. The van der Waals surface area contributed by atoms with Crippen molar-refractivity contribution in [2.75, 3.05) is 6.54 Å². The number of benzene rings is 1. The number of carbonyl (C=O) groups is 1. The van der Waals surface area contributed by atoms with Crippen molar-refractivity contribution >= 4 is 15.8 Å². The quantitative estimate of drug-likeness (QED) is 0.620. The van der Waals surface area contributed by atoms with E-state index < -0.39 is 10.0 Å². The van der Waals surface area contributed by atoms with Crippen LogP contribution in [-0.4, -0.2) is 30.5 Å². The predicted octanol–water partition coefficient (Wildman–Crippen LogP) is 1.45. The standard InChI is InChI=1S/C14H17N3O3S/c1-12(18)13-5-2-6-14(11-13)21(19,20)16-8-4-10-17-9-3-7-15-17/h2-3,5-7,9,11,16H,4,8,10H2,1H3. The van der Waals surface area contributed by atoms with Gasteiger partial charge in [0.25, 0.3) is 0 Å². The van der Waals surface area contributed by atoms with Crippen molar-refractivity contribution in [3.8, 4) is 0 Å². The summed E-state index contributed by atoms with van der Waals surface area (Å²) in [4.78, 5) is 11.4. The van der Waals surface area contributed by atoms with Crippen LogP contribution in [-0.2, 0) is 16.6 Å². The maximum Gasteiger partial charge on any atom is 0.240 e. The monoisotopic (exact) mass is 307 g/mol. The minimum absolute atomic E-state index is 0.106. The van der Waals surface area contributed by atoms with Gasteiger partial charge in [0, 0.05) is 31.0 Å². The van der Waals surface area contributed by atoms with E-state index in [9.17, 15) is 13.2 Å². The number of Topliss-reactive ketones (excluding diaryl/α,β-unsaturated/α-hetero) is 1. The van der Waals surface area contributed by atoms with Crippen molar-refractivity contribution in [2.45, 2.75) is 24.8 Å². The Morgan fingerprint density at radius 3 is 2.81 bits per heavy atom. The van der Waals surface area contributed by atoms with E-state index in [1.807, 2.05) is 12.3 Å². The molecule has 1 aromatic heterocycles.